The number of benzene rings is 2. The van der Waals surface area contributed by atoms with Gasteiger partial charge < -0.3 is 5.32 Å². The minimum absolute atomic E-state index is 0.567. The molecule has 0 saturated carbocycles. The van der Waals surface area contributed by atoms with Gasteiger partial charge in [-0.15, -0.1) is 11.6 Å². The molecule has 2 aromatic rings. The van der Waals surface area contributed by atoms with Crippen LogP contribution < -0.4 is 5.32 Å². The second kappa shape index (κ2) is 5.92. The standard InChI is InChI=1S/C16H18ClN/c1-12-4-3-5-13(2)16(12)11-18-15-8-6-14(10-17)7-9-15/h3-9,18H,10-11H2,1-2H3. The predicted molar refractivity (Wildman–Crippen MR) is 79.2 cm³/mol. The summed E-state index contributed by atoms with van der Waals surface area (Å²) in [6.45, 7) is 5.17. The Bertz CT molecular complexity index is 497. The van der Waals surface area contributed by atoms with Crippen LogP contribution in [0.1, 0.15) is 22.3 Å². The zero-order valence-electron chi connectivity index (χ0n) is 10.8. The van der Waals surface area contributed by atoms with E-state index in [4.69, 9.17) is 11.6 Å². The minimum Gasteiger partial charge on any atom is -0.381 e. The molecule has 2 aromatic carbocycles. The topological polar surface area (TPSA) is 12.0 Å². The van der Waals surface area contributed by atoms with E-state index in [-0.39, 0.29) is 0 Å². The van der Waals surface area contributed by atoms with Crippen LogP contribution in [-0.2, 0) is 12.4 Å². The Morgan fingerprint density at radius 1 is 0.944 bits per heavy atom. The molecule has 0 spiro atoms. The van der Waals surface area contributed by atoms with Gasteiger partial charge in [0.25, 0.3) is 0 Å². The number of aryl methyl sites for hydroxylation is 2. The lowest BCUT2D eigenvalue weighted by atomic mass is 10.0. The molecule has 1 N–H and O–H groups in total. The van der Waals surface area contributed by atoms with Gasteiger partial charge >= 0.3 is 0 Å². The monoisotopic (exact) mass is 259 g/mol. The van der Waals surface area contributed by atoms with Crippen LogP contribution in [0.5, 0.6) is 0 Å². The van der Waals surface area contributed by atoms with E-state index in [9.17, 15) is 0 Å². The van der Waals surface area contributed by atoms with Crippen molar-refractivity contribution in [3.8, 4) is 0 Å². The zero-order chi connectivity index (χ0) is 13.0. The third-order valence-electron chi connectivity index (χ3n) is 3.22. The highest BCUT2D eigenvalue weighted by atomic mass is 35.5. The lowest BCUT2D eigenvalue weighted by Crippen LogP contribution is -2.03. The van der Waals surface area contributed by atoms with Gasteiger partial charge in [0.2, 0.25) is 0 Å². The average molecular weight is 260 g/mol. The van der Waals surface area contributed by atoms with Gasteiger partial charge in [0.15, 0.2) is 0 Å². The third kappa shape index (κ3) is 3.05. The lowest BCUT2D eigenvalue weighted by molar-refractivity contribution is 1.09. The number of rotatable bonds is 4. The van der Waals surface area contributed by atoms with Crippen molar-refractivity contribution in [2.45, 2.75) is 26.3 Å². The van der Waals surface area contributed by atoms with Crippen LogP contribution in [0.25, 0.3) is 0 Å². The molecule has 94 valence electrons. The molecule has 1 nitrogen and oxygen atoms in total. The van der Waals surface area contributed by atoms with Crippen molar-refractivity contribution in [2.24, 2.45) is 0 Å². The maximum Gasteiger partial charge on any atom is 0.0474 e. The first-order chi connectivity index (χ1) is 8.70. The summed E-state index contributed by atoms with van der Waals surface area (Å²) in [5, 5.41) is 3.45. The molecule has 2 heteroatoms. The van der Waals surface area contributed by atoms with Crippen LogP contribution in [0.3, 0.4) is 0 Å². The molecule has 0 aliphatic carbocycles. The maximum absolute atomic E-state index is 5.77. The summed E-state index contributed by atoms with van der Waals surface area (Å²) >= 11 is 5.77. The molecule has 0 amide bonds. The summed E-state index contributed by atoms with van der Waals surface area (Å²) in [7, 11) is 0. The van der Waals surface area contributed by atoms with Crippen molar-refractivity contribution in [3.05, 3.63) is 64.7 Å². The van der Waals surface area contributed by atoms with Crippen LogP contribution in [0.2, 0.25) is 0 Å². The van der Waals surface area contributed by atoms with Gasteiger partial charge in [-0.05, 0) is 48.2 Å². The highest BCUT2D eigenvalue weighted by Gasteiger charge is 2.01. The van der Waals surface area contributed by atoms with Gasteiger partial charge in [0, 0.05) is 18.1 Å². The Balaban J connectivity index is 2.06. The first-order valence-electron chi connectivity index (χ1n) is 6.14. The predicted octanol–water partition coefficient (Wildman–Crippen LogP) is 4.65. The van der Waals surface area contributed by atoms with E-state index in [1.54, 1.807) is 0 Å². The van der Waals surface area contributed by atoms with Crippen molar-refractivity contribution in [2.75, 3.05) is 5.32 Å². The number of halogens is 1. The summed E-state index contributed by atoms with van der Waals surface area (Å²) in [5.41, 5.74) is 6.32. The van der Waals surface area contributed by atoms with Crippen molar-refractivity contribution in [1.29, 1.82) is 0 Å². The SMILES string of the molecule is Cc1cccc(C)c1CNc1ccc(CCl)cc1. The summed E-state index contributed by atoms with van der Waals surface area (Å²) < 4.78 is 0. The second-order valence-electron chi connectivity index (χ2n) is 4.55. The highest BCUT2D eigenvalue weighted by Crippen LogP contribution is 2.16. The maximum atomic E-state index is 5.77. The molecule has 0 heterocycles. The molecule has 2 rings (SSSR count). The van der Waals surface area contributed by atoms with Crippen molar-refractivity contribution in [1.82, 2.24) is 0 Å². The molecule has 0 bridgehead atoms. The molecule has 0 aliphatic rings. The van der Waals surface area contributed by atoms with Crippen LogP contribution in [-0.4, -0.2) is 0 Å². The normalized spacial score (nSPS) is 10.4. The third-order valence-corrected chi connectivity index (χ3v) is 3.53. The van der Waals surface area contributed by atoms with E-state index < -0.39 is 0 Å². The summed E-state index contributed by atoms with van der Waals surface area (Å²) in [4.78, 5) is 0. The number of anilines is 1. The molecule has 0 fully saturated rings. The van der Waals surface area contributed by atoms with Gasteiger partial charge in [-0.2, -0.15) is 0 Å². The molecular weight excluding hydrogens is 242 g/mol. The van der Waals surface area contributed by atoms with E-state index in [0.717, 1.165) is 17.8 Å². The lowest BCUT2D eigenvalue weighted by Gasteiger charge is -2.12. The van der Waals surface area contributed by atoms with Crippen molar-refractivity contribution < 1.29 is 0 Å². The fraction of sp³-hybridized carbons (Fsp3) is 0.250. The molecule has 0 aliphatic heterocycles. The summed E-state index contributed by atoms with van der Waals surface area (Å²) in [6, 6.07) is 14.7. The van der Waals surface area contributed by atoms with E-state index in [0.29, 0.717) is 5.88 Å². The smallest absolute Gasteiger partial charge is 0.0474 e. The molecule has 0 radical (unpaired) electrons. The van der Waals surface area contributed by atoms with Gasteiger partial charge in [-0.3, -0.25) is 0 Å². The van der Waals surface area contributed by atoms with E-state index >= 15 is 0 Å². The van der Waals surface area contributed by atoms with Gasteiger partial charge in [-0.1, -0.05) is 30.3 Å². The summed E-state index contributed by atoms with van der Waals surface area (Å²) in [6.07, 6.45) is 0. The van der Waals surface area contributed by atoms with E-state index in [1.165, 1.54) is 16.7 Å². The Kier molecular flexibility index (Phi) is 4.27. The first-order valence-corrected chi connectivity index (χ1v) is 6.68. The molecule has 0 unspecified atom stereocenters. The Morgan fingerprint density at radius 3 is 2.11 bits per heavy atom. The Hall–Kier alpha value is -1.47. The zero-order valence-corrected chi connectivity index (χ0v) is 11.6. The molecular formula is C16H18ClN. The van der Waals surface area contributed by atoms with Gasteiger partial charge in [-0.25, -0.2) is 0 Å². The largest absolute Gasteiger partial charge is 0.381 e. The van der Waals surface area contributed by atoms with Crippen molar-refractivity contribution in [3.63, 3.8) is 0 Å². The molecule has 0 aromatic heterocycles. The molecule has 0 atom stereocenters. The van der Waals surface area contributed by atoms with E-state index in [1.807, 2.05) is 0 Å². The fourth-order valence-electron chi connectivity index (χ4n) is 2.03. The molecule has 18 heavy (non-hydrogen) atoms. The number of hydrogen-bond donors (Lipinski definition) is 1. The number of hydrogen-bond acceptors (Lipinski definition) is 1. The molecule has 0 saturated heterocycles. The Labute approximate surface area is 114 Å². The first kappa shape index (κ1) is 13.0. The van der Waals surface area contributed by atoms with Gasteiger partial charge in [0.1, 0.15) is 0 Å². The highest BCUT2D eigenvalue weighted by molar-refractivity contribution is 6.17. The van der Waals surface area contributed by atoms with Crippen LogP contribution in [0, 0.1) is 13.8 Å². The Morgan fingerprint density at radius 2 is 1.56 bits per heavy atom. The van der Waals surface area contributed by atoms with Crippen LogP contribution in [0.4, 0.5) is 5.69 Å². The number of alkyl halides is 1. The van der Waals surface area contributed by atoms with E-state index in [2.05, 4.69) is 61.6 Å². The van der Waals surface area contributed by atoms with Gasteiger partial charge in [0.05, 0.1) is 0 Å². The average Bonchev–Trinajstić information content (AvgIpc) is 2.39. The fourth-order valence-corrected chi connectivity index (χ4v) is 2.21. The number of nitrogens with one attached hydrogen (secondary N) is 1. The second-order valence-corrected chi connectivity index (χ2v) is 4.82. The quantitative estimate of drug-likeness (QED) is 0.788. The summed E-state index contributed by atoms with van der Waals surface area (Å²) in [5.74, 6) is 0.567. The van der Waals surface area contributed by atoms with Crippen LogP contribution >= 0.6 is 11.6 Å². The van der Waals surface area contributed by atoms with Crippen LogP contribution in [0.15, 0.2) is 42.5 Å². The van der Waals surface area contributed by atoms with Crippen molar-refractivity contribution >= 4 is 17.3 Å². The minimum atomic E-state index is 0.567.